The second-order valence-corrected chi connectivity index (χ2v) is 12.9. The summed E-state index contributed by atoms with van der Waals surface area (Å²) in [6.45, 7) is 8.05. The van der Waals surface area contributed by atoms with Crippen LogP contribution < -0.4 is 9.62 Å². The third-order valence-electron chi connectivity index (χ3n) is 6.32. The molecule has 2 amide bonds. The van der Waals surface area contributed by atoms with E-state index in [1.165, 1.54) is 23.1 Å². The molecule has 0 saturated heterocycles. The van der Waals surface area contributed by atoms with Crippen molar-refractivity contribution in [2.75, 3.05) is 10.8 Å². The topological polar surface area (TPSA) is 86.8 Å². The quantitative estimate of drug-likeness (QED) is 0.283. The lowest BCUT2D eigenvalue weighted by Crippen LogP contribution is -2.52. The average Bonchev–Trinajstić information content (AvgIpc) is 2.88. The Morgan fingerprint density at radius 1 is 0.900 bits per heavy atom. The molecular formula is C29H32Cl3N3O4S. The van der Waals surface area contributed by atoms with Gasteiger partial charge >= 0.3 is 0 Å². The van der Waals surface area contributed by atoms with Crippen molar-refractivity contribution in [1.82, 2.24) is 10.2 Å². The van der Waals surface area contributed by atoms with E-state index in [2.05, 4.69) is 5.32 Å². The summed E-state index contributed by atoms with van der Waals surface area (Å²) in [5, 5.41) is 3.75. The highest BCUT2D eigenvalue weighted by Gasteiger charge is 2.34. The zero-order valence-corrected chi connectivity index (χ0v) is 26.0. The van der Waals surface area contributed by atoms with E-state index in [9.17, 15) is 18.0 Å². The van der Waals surface area contributed by atoms with Gasteiger partial charge in [0.25, 0.3) is 10.0 Å². The summed E-state index contributed by atoms with van der Waals surface area (Å²) in [6.07, 6.45) is 0. The number of hydrogen-bond donors (Lipinski definition) is 1. The van der Waals surface area contributed by atoms with Gasteiger partial charge in [-0.2, -0.15) is 0 Å². The standard InChI is InChI=1S/C29H32Cl3N3O4S/c1-18(2)33-29(37)21(5)34(16-24-25(31)7-6-8-26(24)32)28(36)17-35(27-15-22(30)12-11-20(27)4)40(38,39)23-13-9-19(3)10-14-23/h6-15,18,21H,16-17H2,1-5H3,(H,33,37)/t21-/m0/s1. The van der Waals surface area contributed by atoms with Crippen molar-refractivity contribution in [1.29, 1.82) is 0 Å². The number of amides is 2. The van der Waals surface area contributed by atoms with Gasteiger partial charge in [-0.15, -0.1) is 0 Å². The Bertz CT molecular complexity index is 1470. The fourth-order valence-electron chi connectivity index (χ4n) is 4.04. The van der Waals surface area contributed by atoms with Crippen LogP contribution in [0, 0.1) is 13.8 Å². The van der Waals surface area contributed by atoms with E-state index in [0.29, 0.717) is 26.2 Å². The van der Waals surface area contributed by atoms with Crippen LogP contribution in [-0.2, 0) is 26.2 Å². The first-order valence-corrected chi connectivity index (χ1v) is 15.2. The van der Waals surface area contributed by atoms with Gasteiger partial charge in [-0.25, -0.2) is 8.42 Å². The largest absolute Gasteiger partial charge is 0.352 e. The normalized spacial score (nSPS) is 12.2. The summed E-state index contributed by atoms with van der Waals surface area (Å²) in [6, 6.07) is 15.0. The minimum Gasteiger partial charge on any atom is -0.352 e. The molecule has 1 N–H and O–H groups in total. The van der Waals surface area contributed by atoms with Gasteiger partial charge in [0.2, 0.25) is 11.8 Å². The maximum atomic E-state index is 14.0. The number of nitrogens with zero attached hydrogens (tertiary/aromatic N) is 2. The first-order valence-electron chi connectivity index (χ1n) is 12.6. The molecule has 0 heterocycles. The van der Waals surface area contributed by atoms with Gasteiger partial charge in [-0.05, 0) is 76.6 Å². The molecule has 7 nitrogen and oxygen atoms in total. The number of halogens is 3. The van der Waals surface area contributed by atoms with E-state index in [-0.39, 0.29) is 23.2 Å². The lowest BCUT2D eigenvalue weighted by atomic mass is 10.1. The summed E-state index contributed by atoms with van der Waals surface area (Å²) in [5.41, 5.74) is 2.17. The molecule has 0 aliphatic carbocycles. The molecule has 214 valence electrons. The Kier molecular flexibility index (Phi) is 10.5. The zero-order chi connectivity index (χ0) is 29.8. The van der Waals surface area contributed by atoms with Gasteiger partial charge in [0.15, 0.2) is 0 Å². The van der Waals surface area contributed by atoms with Crippen LogP contribution in [0.2, 0.25) is 15.1 Å². The summed E-state index contributed by atoms with van der Waals surface area (Å²) in [4.78, 5) is 28.4. The Morgan fingerprint density at radius 2 is 1.50 bits per heavy atom. The summed E-state index contributed by atoms with van der Waals surface area (Å²) in [7, 11) is -4.22. The van der Waals surface area contributed by atoms with E-state index in [1.54, 1.807) is 70.2 Å². The molecule has 0 aliphatic rings. The SMILES string of the molecule is Cc1ccc(S(=O)(=O)N(CC(=O)N(Cc2c(Cl)cccc2Cl)[C@@H](C)C(=O)NC(C)C)c2cc(Cl)ccc2C)cc1. The zero-order valence-electron chi connectivity index (χ0n) is 22.9. The Hall–Kier alpha value is -2.78. The van der Waals surface area contributed by atoms with Crippen LogP contribution in [0.3, 0.4) is 0 Å². The number of benzene rings is 3. The lowest BCUT2D eigenvalue weighted by Gasteiger charge is -2.33. The molecular weight excluding hydrogens is 593 g/mol. The number of aryl methyl sites for hydroxylation is 2. The average molecular weight is 625 g/mol. The first kappa shape index (κ1) is 31.7. The maximum Gasteiger partial charge on any atom is 0.264 e. The van der Waals surface area contributed by atoms with Crippen molar-refractivity contribution in [3.63, 3.8) is 0 Å². The smallest absolute Gasteiger partial charge is 0.264 e. The van der Waals surface area contributed by atoms with Crippen LogP contribution in [0.25, 0.3) is 0 Å². The van der Waals surface area contributed by atoms with Gasteiger partial charge < -0.3 is 10.2 Å². The predicted molar refractivity (Wildman–Crippen MR) is 162 cm³/mol. The van der Waals surface area contributed by atoms with E-state index in [0.717, 1.165) is 9.87 Å². The van der Waals surface area contributed by atoms with Crippen LogP contribution in [0.4, 0.5) is 5.69 Å². The van der Waals surface area contributed by atoms with E-state index in [1.807, 2.05) is 6.92 Å². The lowest BCUT2D eigenvalue weighted by molar-refractivity contribution is -0.139. The molecule has 0 aromatic heterocycles. The summed E-state index contributed by atoms with van der Waals surface area (Å²) in [5.74, 6) is -1.03. The number of hydrogen-bond acceptors (Lipinski definition) is 4. The number of anilines is 1. The van der Waals surface area contributed by atoms with E-state index >= 15 is 0 Å². The van der Waals surface area contributed by atoms with Crippen molar-refractivity contribution in [2.24, 2.45) is 0 Å². The highest BCUT2D eigenvalue weighted by molar-refractivity contribution is 7.92. The second-order valence-electron chi connectivity index (χ2n) is 9.82. The molecule has 0 unspecified atom stereocenters. The fraction of sp³-hybridized carbons (Fsp3) is 0.310. The number of nitrogens with one attached hydrogen (secondary N) is 1. The van der Waals surface area contributed by atoms with E-state index < -0.39 is 34.4 Å². The number of rotatable bonds is 10. The molecule has 11 heteroatoms. The van der Waals surface area contributed by atoms with Crippen molar-refractivity contribution < 1.29 is 18.0 Å². The summed E-state index contributed by atoms with van der Waals surface area (Å²) >= 11 is 19.1. The van der Waals surface area contributed by atoms with Gasteiger partial charge in [-0.3, -0.25) is 13.9 Å². The molecule has 3 rings (SSSR count). The fourth-order valence-corrected chi connectivity index (χ4v) is 6.20. The van der Waals surface area contributed by atoms with Crippen molar-refractivity contribution in [3.05, 3.63) is 92.4 Å². The van der Waals surface area contributed by atoms with Gasteiger partial charge in [0.1, 0.15) is 12.6 Å². The van der Waals surface area contributed by atoms with Crippen molar-refractivity contribution in [2.45, 2.75) is 58.1 Å². The third kappa shape index (κ3) is 7.49. The molecule has 3 aromatic carbocycles. The minimum atomic E-state index is -4.22. The van der Waals surface area contributed by atoms with Crippen LogP contribution in [0.5, 0.6) is 0 Å². The highest BCUT2D eigenvalue weighted by atomic mass is 35.5. The molecule has 0 spiro atoms. The van der Waals surface area contributed by atoms with Gasteiger partial charge in [0.05, 0.1) is 10.6 Å². The number of carbonyl (C=O) groups excluding carboxylic acids is 2. The van der Waals surface area contributed by atoms with Crippen LogP contribution in [-0.4, -0.2) is 43.8 Å². The summed E-state index contributed by atoms with van der Waals surface area (Å²) < 4.78 is 29.0. The molecule has 0 saturated carbocycles. The van der Waals surface area contributed by atoms with Crippen molar-refractivity contribution >= 4 is 62.3 Å². The first-order chi connectivity index (χ1) is 18.7. The third-order valence-corrected chi connectivity index (χ3v) is 9.03. The predicted octanol–water partition coefficient (Wildman–Crippen LogP) is 6.40. The molecule has 0 bridgehead atoms. The molecule has 0 fully saturated rings. The maximum absolute atomic E-state index is 14.0. The Balaban J connectivity index is 2.11. The van der Waals surface area contributed by atoms with Crippen molar-refractivity contribution in [3.8, 4) is 0 Å². The minimum absolute atomic E-state index is 0.0107. The van der Waals surface area contributed by atoms with Crippen LogP contribution in [0.1, 0.15) is 37.5 Å². The Morgan fingerprint density at radius 3 is 2.08 bits per heavy atom. The second kappa shape index (κ2) is 13.3. The molecule has 40 heavy (non-hydrogen) atoms. The molecule has 3 aromatic rings. The number of sulfonamides is 1. The molecule has 0 radical (unpaired) electrons. The van der Waals surface area contributed by atoms with Gasteiger partial charge in [0, 0.05) is 33.2 Å². The van der Waals surface area contributed by atoms with E-state index in [4.69, 9.17) is 34.8 Å². The highest BCUT2D eigenvalue weighted by Crippen LogP contribution is 2.31. The van der Waals surface area contributed by atoms with Crippen LogP contribution in [0.15, 0.2) is 65.6 Å². The monoisotopic (exact) mass is 623 g/mol. The van der Waals surface area contributed by atoms with Gasteiger partial charge in [-0.1, -0.05) is 64.6 Å². The number of carbonyl (C=O) groups is 2. The molecule has 0 aliphatic heterocycles. The van der Waals surface area contributed by atoms with Crippen LogP contribution >= 0.6 is 34.8 Å². The molecule has 1 atom stereocenters. The Labute approximate surface area is 251 Å².